The lowest BCUT2D eigenvalue weighted by atomic mass is 10.1. The monoisotopic (exact) mass is 282 g/mol. The fraction of sp³-hybridized carbons (Fsp3) is 0.600. The number of hydrogen-bond acceptors (Lipinski definition) is 5. The van der Waals surface area contributed by atoms with Gasteiger partial charge in [0, 0.05) is 19.6 Å². The van der Waals surface area contributed by atoms with Crippen LogP contribution < -0.4 is 19.5 Å². The van der Waals surface area contributed by atoms with Crippen LogP contribution in [0.1, 0.15) is 12.5 Å². The first kappa shape index (κ1) is 16.6. The lowest BCUT2D eigenvalue weighted by molar-refractivity contribution is 0.312. The maximum Gasteiger partial charge on any atom is 0.203 e. The van der Waals surface area contributed by atoms with Crippen molar-refractivity contribution in [2.24, 2.45) is 0 Å². The van der Waals surface area contributed by atoms with E-state index in [9.17, 15) is 0 Å². The molecule has 0 spiro atoms. The van der Waals surface area contributed by atoms with Crippen LogP contribution in [0, 0.1) is 0 Å². The highest BCUT2D eigenvalue weighted by Gasteiger charge is 2.13. The van der Waals surface area contributed by atoms with Crippen LogP contribution in [0.5, 0.6) is 17.2 Å². The number of rotatable bonds is 9. The van der Waals surface area contributed by atoms with Gasteiger partial charge in [-0.25, -0.2) is 0 Å². The van der Waals surface area contributed by atoms with Gasteiger partial charge >= 0.3 is 0 Å². The van der Waals surface area contributed by atoms with Crippen LogP contribution in [0.4, 0.5) is 0 Å². The fourth-order valence-electron chi connectivity index (χ4n) is 2.06. The highest BCUT2D eigenvalue weighted by molar-refractivity contribution is 5.53. The molecule has 0 aliphatic heterocycles. The van der Waals surface area contributed by atoms with Gasteiger partial charge in [-0.15, -0.1) is 0 Å². The lowest BCUT2D eigenvalue weighted by Crippen LogP contribution is -2.28. The lowest BCUT2D eigenvalue weighted by Gasteiger charge is -2.19. The van der Waals surface area contributed by atoms with Gasteiger partial charge in [-0.3, -0.25) is 0 Å². The van der Waals surface area contributed by atoms with Crippen molar-refractivity contribution in [1.29, 1.82) is 0 Å². The first-order valence-electron chi connectivity index (χ1n) is 6.84. The van der Waals surface area contributed by atoms with Crippen LogP contribution in [-0.2, 0) is 6.54 Å². The standard InChI is InChI=1S/C15H26N2O3/c1-6-16-7-8-17(2)11-12-9-13(18-3)15(20-5)14(10-12)19-4/h9-10,16H,6-8,11H2,1-5H3. The highest BCUT2D eigenvalue weighted by Crippen LogP contribution is 2.38. The Morgan fingerprint density at radius 3 is 2.10 bits per heavy atom. The van der Waals surface area contributed by atoms with E-state index in [-0.39, 0.29) is 0 Å². The summed E-state index contributed by atoms with van der Waals surface area (Å²) in [4.78, 5) is 2.25. The Labute approximate surface area is 121 Å². The van der Waals surface area contributed by atoms with Gasteiger partial charge in [-0.05, 0) is 31.3 Å². The summed E-state index contributed by atoms with van der Waals surface area (Å²) in [7, 11) is 6.98. The molecule has 0 saturated carbocycles. The van der Waals surface area contributed by atoms with Gasteiger partial charge in [-0.1, -0.05) is 6.92 Å². The molecule has 0 atom stereocenters. The number of ether oxygens (including phenoxy) is 3. The Hall–Kier alpha value is -1.46. The van der Waals surface area contributed by atoms with Gasteiger partial charge in [0.1, 0.15) is 0 Å². The average molecular weight is 282 g/mol. The van der Waals surface area contributed by atoms with Gasteiger partial charge in [-0.2, -0.15) is 0 Å². The van der Waals surface area contributed by atoms with E-state index in [0.29, 0.717) is 17.2 Å². The van der Waals surface area contributed by atoms with E-state index >= 15 is 0 Å². The Bertz CT molecular complexity index is 385. The summed E-state index contributed by atoms with van der Waals surface area (Å²) in [6.45, 7) is 5.92. The van der Waals surface area contributed by atoms with E-state index in [1.54, 1.807) is 21.3 Å². The Kier molecular flexibility index (Phi) is 7.18. The summed E-state index contributed by atoms with van der Waals surface area (Å²) in [5.41, 5.74) is 1.14. The average Bonchev–Trinajstić information content (AvgIpc) is 2.46. The number of nitrogens with zero attached hydrogens (tertiary/aromatic N) is 1. The molecule has 0 aromatic heterocycles. The second kappa shape index (κ2) is 8.66. The first-order chi connectivity index (χ1) is 9.65. The van der Waals surface area contributed by atoms with Crippen molar-refractivity contribution in [3.63, 3.8) is 0 Å². The Balaban J connectivity index is 2.79. The molecule has 20 heavy (non-hydrogen) atoms. The molecular weight excluding hydrogens is 256 g/mol. The molecule has 1 aromatic carbocycles. The molecule has 1 N–H and O–H groups in total. The van der Waals surface area contributed by atoms with E-state index in [0.717, 1.165) is 31.7 Å². The normalized spacial score (nSPS) is 10.7. The van der Waals surface area contributed by atoms with E-state index in [2.05, 4.69) is 24.2 Å². The van der Waals surface area contributed by atoms with Gasteiger partial charge in [0.2, 0.25) is 5.75 Å². The van der Waals surface area contributed by atoms with E-state index in [1.807, 2.05) is 12.1 Å². The molecule has 5 nitrogen and oxygen atoms in total. The molecule has 0 bridgehead atoms. The summed E-state index contributed by atoms with van der Waals surface area (Å²) >= 11 is 0. The third-order valence-electron chi connectivity index (χ3n) is 3.10. The summed E-state index contributed by atoms with van der Waals surface area (Å²) in [5, 5.41) is 3.32. The molecule has 1 aromatic rings. The zero-order valence-electron chi connectivity index (χ0n) is 13.2. The third-order valence-corrected chi connectivity index (χ3v) is 3.10. The smallest absolute Gasteiger partial charge is 0.203 e. The maximum atomic E-state index is 5.36. The number of benzene rings is 1. The minimum atomic E-state index is 0.633. The molecular formula is C15H26N2O3. The van der Waals surface area contributed by atoms with Crippen LogP contribution in [-0.4, -0.2) is 52.9 Å². The van der Waals surface area contributed by atoms with Gasteiger partial charge in [0.05, 0.1) is 21.3 Å². The molecule has 0 fully saturated rings. The summed E-state index contributed by atoms with van der Waals surface area (Å²) in [6.07, 6.45) is 0. The summed E-state index contributed by atoms with van der Waals surface area (Å²) < 4.78 is 16.1. The van der Waals surface area contributed by atoms with Crippen molar-refractivity contribution >= 4 is 0 Å². The minimum Gasteiger partial charge on any atom is -0.493 e. The molecule has 0 saturated heterocycles. The molecule has 1 rings (SSSR count). The van der Waals surface area contributed by atoms with Crippen LogP contribution in [0.25, 0.3) is 0 Å². The molecule has 5 heteroatoms. The molecule has 0 aliphatic rings. The molecule has 114 valence electrons. The minimum absolute atomic E-state index is 0.633. The van der Waals surface area contributed by atoms with E-state index < -0.39 is 0 Å². The van der Waals surface area contributed by atoms with Gasteiger partial charge in [0.25, 0.3) is 0 Å². The van der Waals surface area contributed by atoms with Crippen molar-refractivity contribution in [2.45, 2.75) is 13.5 Å². The van der Waals surface area contributed by atoms with Gasteiger partial charge in [0.15, 0.2) is 11.5 Å². The van der Waals surface area contributed by atoms with E-state index in [1.165, 1.54) is 0 Å². The van der Waals surface area contributed by atoms with Crippen molar-refractivity contribution in [3.05, 3.63) is 17.7 Å². The Morgan fingerprint density at radius 1 is 1.05 bits per heavy atom. The predicted molar refractivity (Wildman–Crippen MR) is 81.0 cm³/mol. The van der Waals surface area contributed by atoms with E-state index in [4.69, 9.17) is 14.2 Å². The van der Waals surface area contributed by atoms with Crippen molar-refractivity contribution < 1.29 is 14.2 Å². The van der Waals surface area contributed by atoms with Crippen LogP contribution in [0.2, 0.25) is 0 Å². The topological polar surface area (TPSA) is 43.0 Å². The zero-order valence-corrected chi connectivity index (χ0v) is 13.2. The molecule has 0 aliphatic carbocycles. The Morgan fingerprint density at radius 2 is 1.65 bits per heavy atom. The van der Waals surface area contributed by atoms with Crippen molar-refractivity contribution in [3.8, 4) is 17.2 Å². The van der Waals surface area contributed by atoms with Crippen LogP contribution in [0.15, 0.2) is 12.1 Å². The van der Waals surface area contributed by atoms with Crippen LogP contribution >= 0.6 is 0 Å². The number of nitrogens with one attached hydrogen (secondary N) is 1. The maximum absolute atomic E-state index is 5.36. The SMILES string of the molecule is CCNCCN(C)Cc1cc(OC)c(OC)c(OC)c1. The summed E-state index contributed by atoms with van der Waals surface area (Å²) in [5.74, 6) is 2.03. The number of hydrogen-bond donors (Lipinski definition) is 1. The van der Waals surface area contributed by atoms with Crippen molar-refractivity contribution in [1.82, 2.24) is 10.2 Å². The van der Waals surface area contributed by atoms with Crippen LogP contribution in [0.3, 0.4) is 0 Å². The molecule has 0 heterocycles. The first-order valence-corrected chi connectivity index (χ1v) is 6.84. The summed E-state index contributed by atoms with van der Waals surface area (Å²) in [6, 6.07) is 3.98. The number of methoxy groups -OCH3 is 3. The molecule has 0 unspecified atom stereocenters. The van der Waals surface area contributed by atoms with Gasteiger partial charge < -0.3 is 24.4 Å². The largest absolute Gasteiger partial charge is 0.493 e. The number of likely N-dealkylation sites (N-methyl/N-ethyl adjacent to an activating group) is 2. The third kappa shape index (κ3) is 4.58. The molecule has 0 radical (unpaired) electrons. The van der Waals surface area contributed by atoms with Crippen molar-refractivity contribution in [2.75, 3.05) is 48.0 Å². The second-order valence-electron chi connectivity index (χ2n) is 4.62. The fourth-order valence-corrected chi connectivity index (χ4v) is 2.06. The molecule has 0 amide bonds. The highest BCUT2D eigenvalue weighted by atomic mass is 16.5. The quantitative estimate of drug-likeness (QED) is 0.699. The predicted octanol–water partition coefficient (Wildman–Crippen LogP) is 1.75. The zero-order chi connectivity index (χ0) is 15.0. The second-order valence-corrected chi connectivity index (χ2v) is 4.62.